The molecule has 0 aliphatic rings. The van der Waals surface area contributed by atoms with Crippen molar-refractivity contribution in [2.75, 3.05) is 6.26 Å². The van der Waals surface area contributed by atoms with Gasteiger partial charge >= 0.3 is 12.1 Å². The van der Waals surface area contributed by atoms with Gasteiger partial charge in [-0.15, -0.1) is 0 Å². The highest BCUT2D eigenvalue weighted by Gasteiger charge is 2.23. The molecule has 1 amide bonds. The van der Waals surface area contributed by atoms with Crippen LogP contribution in [0.25, 0.3) is 22.0 Å². The molecule has 5 N–H and O–H groups in total. The molecule has 1 aromatic heterocycles. The number of carbonyl (C=O) groups is 2. The van der Waals surface area contributed by atoms with Gasteiger partial charge in [0.2, 0.25) is 0 Å². The molecule has 204 valence electrons. The first kappa shape index (κ1) is 27.8. The number of alkyl carbamates (subject to hydrolysis) is 1. The van der Waals surface area contributed by atoms with Crippen LogP contribution in [0.3, 0.4) is 0 Å². The number of amides is 1. The number of carboxylic acids is 1. The van der Waals surface area contributed by atoms with Gasteiger partial charge in [-0.2, -0.15) is 0 Å². The van der Waals surface area contributed by atoms with E-state index in [1.54, 1.807) is 25.1 Å². The van der Waals surface area contributed by atoms with Crippen LogP contribution in [0.15, 0.2) is 60.7 Å². The van der Waals surface area contributed by atoms with Crippen molar-refractivity contribution >= 4 is 32.8 Å². The number of nitrogens with two attached hydrogens (primary N) is 1. The van der Waals surface area contributed by atoms with Gasteiger partial charge in [-0.3, -0.25) is 0 Å². The van der Waals surface area contributed by atoms with Gasteiger partial charge in [-0.1, -0.05) is 54.6 Å². The van der Waals surface area contributed by atoms with Crippen molar-refractivity contribution in [2.24, 2.45) is 5.73 Å². The topological polar surface area (TPSA) is 152 Å². The smallest absolute Gasteiger partial charge is 0.407 e. The summed E-state index contributed by atoms with van der Waals surface area (Å²) in [5.74, 6) is -2.48. The van der Waals surface area contributed by atoms with Crippen molar-refractivity contribution in [3.63, 3.8) is 0 Å². The largest absolute Gasteiger partial charge is 0.477 e. The molecule has 0 saturated heterocycles. The predicted octanol–water partition coefficient (Wildman–Crippen LogP) is 4.66. The fourth-order valence-electron chi connectivity index (χ4n) is 4.38. The van der Waals surface area contributed by atoms with Crippen LogP contribution in [0.5, 0.6) is 0 Å². The third-order valence-corrected chi connectivity index (χ3v) is 7.10. The Morgan fingerprint density at radius 1 is 1.10 bits per heavy atom. The molecule has 9 nitrogen and oxygen atoms in total. The SMILES string of the molecule is CC(NC(=O)OCc1ccc(CN)cc1)c1cccc2c(-c3ccc(CS(C)(=O)=O)c(F)c3)c(C(=O)O)[nH]c12. The lowest BCUT2D eigenvalue weighted by Gasteiger charge is -2.15. The first-order valence-electron chi connectivity index (χ1n) is 12.0. The summed E-state index contributed by atoms with van der Waals surface area (Å²) in [6.07, 6.45) is 0.352. The number of aromatic carboxylic acids is 1. The molecule has 0 aliphatic heterocycles. The number of fused-ring (bicyclic) bond motifs is 1. The van der Waals surface area contributed by atoms with Crippen LogP contribution in [-0.2, 0) is 33.5 Å². The summed E-state index contributed by atoms with van der Waals surface area (Å²) in [6, 6.07) is 15.9. The summed E-state index contributed by atoms with van der Waals surface area (Å²) in [6.45, 7) is 2.20. The standard InChI is InChI=1S/C28H28FN3O6S/c1-16(31-28(35)38-14-18-8-6-17(13-30)7-9-18)21-4-3-5-22-24(26(27(33)34)32-25(21)22)19-10-11-20(23(29)12-19)15-39(2,36)37/h3-12,16,32H,13-15,30H2,1-2H3,(H,31,35)(H,33,34). The molecule has 4 rings (SSSR count). The molecule has 0 fully saturated rings. The number of benzene rings is 3. The number of sulfone groups is 1. The van der Waals surface area contributed by atoms with Crippen LogP contribution in [-0.4, -0.2) is 36.8 Å². The Hall–Kier alpha value is -4.22. The van der Waals surface area contributed by atoms with E-state index >= 15 is 0 Å². The number of carboxylic acid groups (broad SMARTS) is 1. The monoisotopic (exact) mass is 553 g/mol. The normalized spacial score (nSPS) is 12.3. The Kier molecular flexibility index (Phi) is 8.03. The lowest BCUT2D eigenvalue weighted by molar-refractivity contribution is 0.0692. The summed E-state index contributed by atoms with van der Waals surface area (Å²) < 4.78 is 43.3. The molecule has 0 saturated carbocycles. The number of hydrogen-bond acceptors (Lipinski definition) is 6. The Morgan fingerprint density at radius 2 is 1.79 bits per heavy atom. The zero-order valence-corrected chi connectivity index (χ0v) is 22.1. The number of ether oxygens (including phenoxy) is 1. The second-order valence-corrected chi connectivity index (χ2v) is 11.4. The quantitative estimate of drug-likeness (QED) is 0.235. The Labute approximate surface area is 224 Å². The molecule has 0 spiro atoms. The lowest BCUT2D eigenvalue weighted by Crippen LogP contribution is -2.27. The van der Waals surface area contributed by atoms with E-state index in [1.165, 1.54) is 12.1 Å². The third kappa shape index (κ3) is 6.44. The average molecular weight is 554 g/mol. The van der Waals surface area contributed by atoms with Crippen LogP contribution < -0.4 is 11.1 Å². The van der Waals surface area contributed by atoms with E-state index in [9.17, 15) is 27.5 Å². The number of aromatic amines is 1. The van der Waals surface area contributed by atoms with E-state index in [4.69, 9.17) is 10.5 Å². The molecule has 1 heterocycles. The number of rotatable bonds is 9. The molecule has 4 aromatic rings. The summed E-state index contributed by atoms with van der Waals surface area (Å²) in [5.41, 5.74) is 8.76. The minimum absolute atomic E-state index is 0.00897. The average Bonchev–Trinajstić information content (AvgIpc) is 3.28. The van der Waals surface area contributed by atoms with Crippen molar-refractivity contribution in [3.8, 4) is 11.1 Å². The number of carbonyl (C=O) groups excluding carboxylic acids is 1. The van der Waals surface area contributed by atoms with Crippen LogP contribution in [0.4, 0.5) is 9.18 Å². The van der Waals surface area contributed by atoms with Crippen molar-refractivity contribution in [1.29, 1.82) is 0 Å². The summed E-state index contributed by atoms with van der Waals surface area (Å²) in [4.78, 5) is 27.5. The van der Waals surface area contributed by atoms with Gasteiger partial charge in [0.05, 0.1) is 17.3 Å². The maximum atomic E-state index is 14.8. The van der Waals surface area contributed by atoms with Crippen LogP contribution >= 0.6 is 0 Å². The van der Waals surface area contributed by atoms with Crippen LogP contribution in [0, 0.1) is 5.82 Å². The maximum Gasteiger partial charge on any atom is 0.407 e. The van der Waals surface area contributed by atoms with Gasteiger partial charge < -0.3 is 25.9 Å². The van der Waals surface area contributed by atoms with E-state index in [0.29, 0.717) is 23.0 Å². The van der Waals surface area contributed by atoms with Crippen molar-refractivity contribution in [2.45, 2.75) is 31.9 Å². The number of nitrogens with one attached hydrogen (secondary N) is 2. The minimum Gasteiger partial charge on any atom is -0.477 e. The maximum absolute atomic E-state index is 14.8. The van der Waals surface area contributed by atoms with Crippen molar-refractivity contribution in [1.82, 2.24) is 10.3 Å². The van der Waals surface area contributed by atoms with Crippen LogP contribution in [0.2, 0.25) is 0 Å². The molecule has 11 heteroatoms. The molecule has 0 radical (unpaired) electrons. The van der Waals surface area contributed by atoms with Gasteiger partial charge in [0, 0.05) is 29.3 Å². The molecule has 1 unspecified atom stereocenters. The van der Waals surface area contributed by atoms with Crippen LogP contribution in [0.1, 0.15) is 45.7 Å². The van der Waals surface area contributed by atoms with Gasteiger partial charge in [-0.25, -0.2) is 22.4 Å². The number of aromatic nitrogens is 1. The predicted molar refractivity (Wildman–Crippen MR) is 145 cm³/mol. The van der Waals surface area contributed by atoms with Crippen molar-refractivity contribution in [3.05, 3.63) is 94.4 Å². The molecule has 3 aromatic carbocycles. The lowest BCUT2D eigenvalue weighted by atomic mass is 9.98. The molecular formula is C28H28FN3O6S. The highest BCUT2D eigenvalue weighted by atomic mass is 32.2. The zero-order valence-electron chi connectivity index (χ0n) is 21.3. The third-order valence-electron chi connectivity index (χ3n) is 6.27. The van der Waals surface area contributed by atoms with E-state index in [0.717, 1.165) is 23.4 Å². The first-order chi connectivity index (χ1) is 18.5. The number of H-pyrrole nitrogens is 1. The molecule has 0 aliphatic carbocycles. The minimum atomic E-state index is -3.46. The molecular weight excluding hydrogens is 525 g/mol. The molecule has 1 atom stereocenters. The first-order valence-corrected chi connectivity index (χ1v) is 14.1. The number of halogens is 1. The number of hydrogen-bond donors (Lipinski definition) is 4. The Morgan fingerprint density at radius 3 is 2.41 bits per heavy atom. The highest BCUT2D eigenvalue weighted by molar-refractivity contribution is 7.89. The van der Waals surface area contributed by atoms with E-state index in [1.807, 2.05) is 24.3 Å². The second-order valence-electron chi connectivity index (χ2n) is 9.29. The molecule has 39 heavy (non-hydrogen) atoms. The highest BCUT2D eigenvalue weighted by Crippen LogP contribution is 2.36. The van der Waals surface area contributed by atoms with E-state index in [2.05, 4.69) is 10.3 Å². The van der Waals surface area contributed by atoms with Gasteiger partial charge in [-0.05, 0) is 35.2 Å². The summed E-state index contributed by atoms with van der Waals surface area (Å²) in [5, 5.41) is 13.1. The van der Waals surface area contributed by atoms with Gasteiger partial charge in [0.15, 0.2) is 9.84 Å². The van der Waals surface area contributed by atoms with E-state index in [-0.39, 0.29) is 29.0 Å². The Balaban J connectivity index is 1.61. The summed E-state index contributed by atoms with van der Waals surface area (Å²) in [7, 11) is -3.46. The fourth-order valence-corrected chi connectivity index (χ4v) is 5.18. The van der Waals surface area contributed by atoms with E-state index < -0.39 is 39.5 Å². The molecule has 0 bridgehead atoms. The summed E-state index contributed by atoms with van der Waals surface area (Å²) >= 11 is 0. The number of para-hydroxylation sites is 1. The van der Waals surface area contributed by atoms with Crippen molar-refractivity contribution < 1.29 is 32.2 Å². The van der Waals surface area contributed by atoms with Gasteiger partial charge in [0.1, 0.15) is 18.1 Å². The van der Waals surface area contributed by atoms with Gasteiger partial charge in [0.25, 0.3) is 0 Å². The fraction of sp³-hybridized carbons (Fsp3) is 0.214. The second kappa shape index (κ2) is 11.3. The Bertz CT molecular complexity index is 1650. The zero-order chi connectivity index (χ0) is 28.3.